The molecule has 0 spiro atoms. The van der Waals surface area contributed by atoms with Crippen LogP contribution in [0.4, 0.5) is 4.79 Å². The molecular weight excluding hydrogens is 284 g/mol. The highest BCUT2D eigenvalue weighted by Gasteiger charge is 2.03. The van der Waals surface area contributed by atoms with Crippen molar-refractivity contribution in [3.05, 3.63) is 29.8 Å². The molecule has 0 aliphatic heterocycles. The van der Waals surface area contributed by atoms with Gasteiger partial charge in [-0.25, -0.2) is 9.00 Å². The molecule has 1 rings (SSSR count). The minimum atomic E-state index is -2.59. The highest BCUT2D eigenvalue weighted by atomic mass is 32.2. The molecule has 0 aliphatic carbocycles. The Bertz CT molecular complexity index is 450. The molecule has 112 valence electrons. The Morgan fingerprint density at radius 3 is 2.55 bits per heavy atom. The van der Waals surface area contributed by atoms with Gasteiger partial charge in [0.1, 0.15) is 23.7 Å². The second-order valence-electron chi connectivity index (χ2n) is 4.24. The fourth-order valence-corrected chi connectivity index (χ4v) is 1.57. The minimum absolute atomic E-state index is 0.106. The van der Waals surface area contributed by atoms with Gasteiger partial charge in [-0.2, -0.15) is 0 Å². The monoisotopic (exact) mass is 301 g/mol. The number of ether oxygens (including phenoxy) is 1. The third kappa shape index (κ3) is 7.07. The van der Waals surface area contributed by atoms with Gasteiger partial charge in [-0.1, -0.05) is 12.1 Å². The molecule has 8 heteroatoms. The smallest absolute Gasteiger partial charge is 0.407 e. The summed E-state index contributed by atoms with van der Waals surface area (Å²) in [7, 11) is 3.82. The van der Waals surface area contributed by atoms with Crippen LogP contribution in [-0.4, -0.2) is 46.9 Å². The van der Waals surface area contributed by atoms with E-state index in [4.69, 9.17) is 4.74 Å². The molecule has 0 radical (unpaired) electrons. The summed E-state index contributed by atoms with van der Waals surface area (Å²) in [5.74, 6) is 0.206. The number of hydrogen-bond donors (Lipinski definition) is 1. The third-order valence-electron chi connectivity index (χ3n) is 2.29. The van der Waals surface area contributed by atoms with E-state index in [1.165, 1.54) is 12.1 Å². The Hall–Kier alpha value is -1.64. The van der Waals surface area contributed by atoms with E-state index in [-0.39, 0.29) is 12.4 Å². The zero-order valence-electron chi connectivity index (χ0n) is 11.3. The van der Waals surface area contributed by atoms with Crippen molar-refractivity contribution in [1.82, 2.24) is 10.2 Å². The van der Waals surface area contributed by atoms with Gasteiger partial charge >= 0.3 is 6.09 Å². The van der Waals surface area contributed by atoms with Crippen LogP contribution in [0.15, 0.2) is 24.3 Å². The number of benzene rings is 1. The number of amides is 1. The Kier molecular flexibility index (Phi) is 6.99. The zero-order valence-corrected chi connectivity index (χ0v) is 12.1. The van der Waals surface area contributed by atoms with Gasteiger partial charge in [0.2, 0.25) is 0 Å². The van der Waals surface area contributed by atoms with Crippen LogP contribution in [0.1, 0.15) is 5.56 Å². The largest absolute Gasteiger partial charge is 0.740 e. The quantitative estimate of drug-likeness (QED) is 0.743. The molecule has 1 N–H and O–H groups in total. The predicted octanol–water partition coefficient (Wildman–Crippen LogP) is 0.647. The van der Waals surface area contributed by atoms with Crippen LogP contribution in [0.25, 0.3) is 0 Å². The van der Waals surface area contributed by atoms with Crippen molar-refractivity contribution in [2.75, 3.05) is 27.2 Å². The van der Waals surface area contributed by atoms with E-state index in [2.05, 4.69) is 9.50 Å². The molecule has 0 saturated carbocycles. The molecular formula is C12H17N2O5S-. The number of likely N-dealkylation sites (N-methyl/N-ethyl adjacent to an activating group) is 1. The van der Waals surface area contributed by atoms with Crippen molar-refractivity contribution in [2.45, 2.75) is 6.61 Å². The highest BCUT2D eigenvalue weighted by molar-refractivity contribution is 7.74. The first kappa shape index (κ1) is 16.4. The van der Waals surface area contributed by atoms with Crippen LogP contribution in [0, 0.1) is 0 Å². The summed E-state index contributed by atoms with van der Waals surface area (Å²) in [6.07, 6.45) is -0.493. The number of rotatable bonds is 7. The van der Waals surface area contributed by atoms with Crippen LogP contribution >= 0.6 is 0 Å². The average Bonchev–Trinajstić information content (AvgIpc) is 2.37. The summed E-state index contributed by atoms with van der Waals surface area (Å²) in [5, 5.41) is 2.61. The molecule has 1 aromatic rings. The summed E-state index contributed by atoms with van der Waals surface area (Å²) >= 11 is -2.59. The maximum atomic E-state index is 11.4. The summed E-state index contributed by atoms with van der Waals surface area (Å²) in [5.41, 5.74) is 0.733. The first-order valence-electron chi connectivity index (χ1n) is 5.89. The third-order valence-corrected chi connectivity index (χ3v) is 2.61. The molecule has 0 heterocycles. The molecule has 1 unspecified atom stereocenters. The molecule has 7 nitrogen and oxygen atoms in total. The molecule has 1 aromatic carbocycles. The van der Waals surface area contributed by atoms with Crippen LogP contribution < -0.4 is 9.50 Å². The summed E-state index contributed by atoms with van der Waals surface area (Å²) in [6, 6.07) is 6.21. The Morgan fingerprint density at radius 2 is 2.00 bits per heavy atom. The molecule has 1 atom stereocenters. The summed E-state index contributed by atoms with van der Waals surface area (Å²) in [4.78, 5) is 13.3. The van der Waals surface area contributed by atoms with Crippen molar-refractivity contribution in [3.8, 4) is 5.75 Å². The van der Waals surface area contributed by atoms with Gasteiger partial charge in [-0.3, -0.25) is 0 Å². The summed E-state index contributed by atoms with van der Waals surface area (Å²) in [6.45, 7) is 1.34. The van der Waals surface area contributed by atoms with E-state index in [9.17, 15) is 13.6 Å². The van der Waals surface area contributed by atoms with E-state index in [1.54, 1.807) is 12.1 Å². The minimum Gasteiger partial charge on any atom is -0.740 e. The normalized spacial score (nSPS) is 12.0. The van der Waals surface area contributed by atoms with Crippen LogP contribution in [0.3, 0.4) is 0 Å². The van der Waals surface area contributed by atoms with Crippen molar-refractivity contribution in [1.29, 1.82) is 0 Å². The van der Waals surface area contributed by atoms with Gasteiger partial charge in [0.15, 0.2) is 0 Å². The van der Waals surface area contributed by atoms with E-state index in [0.717, 1.165) is 12.1 Å². The van der Waals surface area contributed by atoms with Gasteiger partial charge in [0.25, 0.3) is 0 Å². The highest BCUT2D eigenvalue weighted by Crippen LogP contribution is 2.13. The molecule has 1 amide bonds. The first-order chi connectivity index (χ1) is 9.47. The van der Waals surface area contributed by atoms with E-state index in [0.29, 0.717) is 6.54 Å². The predicted molar refractivity (Wildman–Crippen MR) is 72.7 cm³/mol. The Labute approximate surface area is 120 Å². The van der Waals surface area contributed by atoms with Crippen molar-refractivity contribution in [2.24, 2.45) is 0 Å². The fraction of sp³-hybridized carbons (Fsp3) is 0.417. The Balaban J connectivity index is 2.30. The van der Waals surface area contributed by atoms with Crippen molar-refractivity contribution >= 4 is 17.5 Å². The maximum absolute atomic E-state index is 11.4. The number of nitrogens with zero attached hydrogens (tertiary/aromatic N) is 1. The molecule has 0 bridgehead atoms. The van der Waals surface area contributed by atoms with E-state index >= 15 is 0 Å². The summed E-state index contributed by atoms with van der Waals surface area (Å²) < 4.78 is 30.1. The SMILES string of the molecule is CN(C)CCNC(=O)OCc1ccc(OS(=O)[O-])cc1. The van der Waals surface area contributed by atoms with Gasteiger partial charge < -0.3 is 23.7 Å². The molecule has 0 saturated heterocycles. The fourth-order valence-electron chi connectivity index (χ4n) is 1.30. The molecule has 0 aromatic heterocycles. The molecule has 20 heavy (non-hydrogen) atoms. The lowest BCUT2D eigenvalue weighted by Gasteiger charge is -2.11. The second-order valence-corrected chi connectivity index (χ2v) is 4.81. The average molecular weight is 301 g/mol. The van der Waals surface area contributed by atoms with Gasteiger partial charge in [0.05, 0.1) is 0 Å². The lowest BCUT2D eigenvalue weighted by molar-refractivity contribution is 0.139. The van der Waals surface area contributed by atoms with Crippen LogP contribution in [0.2, 0.25) is 0 Å². The van der Waals surface area contributed by atoms with Gasteiger partial charge in [-0.05, 0) is 31.8 Å². The number of nitrogens with one attached hydrogen (secondary N) is 1. The van der Waals surface area contributed by atoms with Crippen LogP contribution in [-0.2, 0) is 22.7 Å². The van der Waals surface area contributed by atoms with Crippen molar-refractivity contribution < 1.29 is 22.5 Å². The second kappa shape index (κ2) is 8.51. The van der Waals surface area contributed by atoms with Crippen molar-refractivity contribution in [3.63, 3.8) is 0 Å². The number of hydrogen-bond acceptors (Lipinski definition) is 6. The Morgan fingerprint density at radius 1 is 1.35 bits per heavy atom. The van der Waals surface area contributed by atoms with E-state index < -0.39 is 17.5 Å². The van der Waals surface area contributed by atoms with Gasteiger partial charge in [-0.15, -0.1) is 0 Å². The maximum Gasteiger partial charge on any atom is 0.407 e. The van der Waals surface area contributed by atoms with E-state index in [1.807, 2.05) is 19.0 Å². The standard InChI is InChI=1S/C12H18N2O5S/c1-14(2)8-7-13-12(15)18-9-10-3-5-11(6-4-10)19-20(16)17/h3-6H,7-9H2,1-2H3,(H,13,15)(H,16,17)/p-1. The topological polar surface area (TPSA) is 90.9 Å². The molecule has 0 fully saturated rings. The van der Waals surface area contributed by atoms with Gasteiger partial charge in [0, 0.05) is 13.1 Å². The number of carbonyl (C=O) groups is 1. The van der Waals surface area contributed by atoms with Crippen LogP contribution in [0.5, 0.6) is 5.75 Å². The lowest BCUT2D eigenvalue weighted by atomic mass is 10.2. The zero-order chi connectivity index (χ0) is 15.0. The number of carbonyl (C=O) groups excluding carboxylic acids is 1. The first-order valence-corrected chi connectivity index (χ1v) is 6.89. The number of alkyl carbamates (subject to hydrolysis) is 1. The lowest BCUT2D eigenvalue weighted by Crippen LogP contribution is -2.31. The molecule has 0 aliphatic rings.